The number of hydrogen-bond donors (Lipinski definition) is 1. The van der Waals surface area contributed by atoms with Gasteiger partial charge in [-0.2, -0.15) is 0 Å². The predicted molar refractivity (Wildman–Crippen MR) is 97.9 cm³/mol. The Bertz CT molecular complexity index is 1050. The van der Waals surface area contributed by atoms with Gasteiger partial charge in [-0.05, 0) is 48.7 Å². The van der Waals surface area contributed by atoms with Gasteiger partial charge in [-0.15, -0.1) is 11.3 Å². The highest BCUT2D eigenvalue weighted by Gasteiger charge is 2.22. The van der Waals surface area contributed by atoms with Gasteiger partial charge in [-0.1, -0.05) is 0 Å². The average Bonchev–Trinajstić information content (AvgIpc) is 3.27. The van der Waals surface area contributed by atoms with Crippen LogP contribution in [0.15, 0.2) is 42.5 Å². The molecule has 0 spiro atoms. The van der Waals surface area contributed by atoms with Gasteiger partial charge in [-0.25, -0.2) is 9.18 Å². The predicted octanol–water partition coefficient (Wildman–Crippen LogP) is 3.95. The third-order valence-corrected chi connectivity index (χ3v) is 5.07. The average molecular weight is 387 g/mol. The van der Waals surface area contributed by atoms with Crippen LogP contribution in [0, 0.1) is 5.82 Å². The maximum absolute atomic E-state index is 13.3. The van der Waals surface area contributed by atoms with E-state index in [2.05, 4.69) is 5.32 Å². The number of anilines is 1. The first-order valence-corrected chi connectivity index (χ1v) is 8.92. The van der Waals surface area contributed by atoms with Gasteiger partial charge in [0.25, 0.3) is 5.91 Å². The molecule has 0 radical (unpaired) electrons. The van der Waals surface area contributed by atoms with Crippen LogP contribution >= 0.6 is 11.3 Å². The summed E-state index contributed by atoms with van der Waals surface area (Å²) in [5.41, 5.74) is 0.504. The number of rotatable bonds is 4. The summed E-state index contributed by atoms with van der Waals surface area (Å²) in [6.07, 6.45) is -1.01. The van der Waals surface area contributed by atoms with Crippen molar-refractivity contribution in [2.45, 2.75) is 13.0 Å². The van der Waals surface area contributed by atoms with Crippen molar-refractivity contribution in [3.63, 3.8) is 0 Å². The molecule has 0 fully saturated rings. The summed E-state index contributed by atoms with van der Waals surface area (Å²) >= 11 is 1.18. The zero-order valence-corrected chi connectivity index (χ0v) is 15.0. The van der Waals surface area contributed by atoms with Crippen molar-refractivity contribution < 1.29 is 28.2 Å². The van der Waals surface area contributed by atoms with Crippen LogP contribution in [-0.2, 0) is 9.53 Å². The van der Waals surface area contributed by atoms with Gasteiger partial charge in [0.2, 0.25) is 6.79 Å². The number of thiophene rings is 1. The highest BCUT2D eigenvalue weighted by molar-refractivity contribution is 7.20. The van der Waals surface area contributed by atoms with Gasteiger partial charge in [0.1, 0.15) is 10.7 Å². The standard InChI is InChI=1S/C19H14FNO5S/c1-10(18(22)21-13-3-4-14-15(8-13)25-9-24-14)26-19(23)17-7-11-6-12(20)2-5-16(11)27-17/h2-8,10H,9H2,1H3,(H,21,22)/t10-/m1/s1. The first-order chi connectivity index (χ1) is 13.0. The molecule has 2 aromatic carbocycles. The Hall–Kier alpha value is -3.13. The molecule has 138 valence electrons. The summed E-state index contributed by atoms with van der Waals surface area (Å²) in [5.74, 6) is -0.348. The van der Waals surface area contributed by atoms with E-state index in [1.54, 1.807) is 30.3 Å². The molecule has 0 unspecified atom stereocenters. The van der Waals surface area contributed by atoms with E-state index >= 15 is 0 Å². The molecule has 6 nitrogen and oxygen atoms in total. The summed E-state index contributed by atoms with van der Waals surface area (Å²) < 4.78 is 29.7. The van der Waals surface area contributed by atoms with E-state index in [1.807, 2.05) is 0 Å². The second-order valence-corrected chi connectivity index (χ2v) is 6.98. The Morgan fingerprint density at radius 3 is 2.81 bits per heavy atom. The lowest BCUT2D eigenvalue weighted by atomic mass is 10.2. The lowest BCUT2D eigenvalue weighted by Gasteiger charge is -2.13. The highest BCUT2D eigenvalue weighted by atomic mass is 32.1. The van der Waals surface area contributed by atoms with Crippen LogP contribution in [0.25, 0.3) is 10.1 Å². The largest absolute Gasteiger partial charge is 0.454 e. The van der Waals surface area contributed by atoms with Gasteiger partial charge in [0, 0.05) is 16.5 Å². The van der Waals surface area contributed by atoms with Gasteiger partial charge in [-0.3, -0.25) is 4.79 Å². The fourth-order valence-corrected chi connectivity index (χ4v) is 3.53. The number of ether oxygens (including phenoxy) is 3. The van der Waals surface area contributed by atoms with E-state index in [0.717, 1.165) is 4.70 Å². The molecular formula is C19H14FNO5S. The molecule has 3 aromatic rings. The number of carbonyl (C=O) groups is 2. The molecule has 0 aliphatic carbocycles. The number of nitrogens with one attached hydrogen (secondary N) is 1. The van der Waals surface area contributed by atoms with E-state index in [9.17, 15) is 14.0 Å². The van der Waals surface area contributed by atoms with E-state index in [4.69, 9.17) is 14.2 Å². The van der Waals surface area contributed by atoms with Crippen LogP contribution < -0.4 is 14.8 Å². The van der Waals surface area contributed by atoms with Crippen molar-refractivity contribution in [2.75, 3.05) is 12.1 Å². The molecule has 8 heteroatoms. The Morgan fingerprint density at radius 2 is 1.96 bits per heavy atom. The van der Waals surface area contributed by atoms with Crippen LogP contribution in [0.1, 0.15) is 16.6 Å². The van der Waals surface area contributed by atoms with Crippen molar-refractivity contribution in [1.82, 2.24) is 0 Å². The van der Waals surface area contributed by atoms with Gasteiger partial charge >= 0.3 is 5.97 Å². The van der Waals surface area contributed by atoms with Gasteiger partial charge in [0.15, 0.2) is 17.6 Å². The maximum atomic E-state index is 13.3. The molecule has 27 heavy (non-hydrogen) atoms. The van der Waals surface area contributed by atoms with E-state index in [0.29, 0.717) is 27.4 Å². The normalized spacial score (nSPS) is 13.4. The monoisotopic (exact) mass is 387 g/mol. The van der Waals surface area contributed by atoms with Crippen molar-refractivity contribution >= 4 is 39.0 Å². The molecule has 0 bridgehead atoms. The Balaban J connectivity index is 1.41. The van der Waals surface area contributed by atoms with Crippen LogP contribution in [0.4, 0.5) is 10.1 Å². The minimum Gasteiger partial charge on any atom is -0.454 e. The number of benzene rings is 2. The molecule has 2 heterocycles. The molecule has 1 N–H and O–H groups in total. The molecule has 0 saturated heterocycles. The third kappa shape index (κ3) is 3.56. The number of amides is 1. The van der Waals surface area contributed by atoms with Crippen molar-refractivity contribution in [2.24, 2.45) is 0 Å². The minimum absolute atomic E-state index is 0.139. The molecule has 1 aliphatic heterocycles. The lowest BCUT2D eigenvalue weighted by molar-refractivity contribution is -0.123. The molecule has 0 saturated carbocycles. The fraction of sp³-hybridized carbons (Fsp3) is 0.158. The number of carbonyl (C=O) groups excluding carboxylic acids is 2. The summed E-state index contributed by atoms with van der Waals surface area (Å²) in [6, 6.07) is 10.8. The molecule has 1 atom stereocenters. The van der Waals surface area contributed by atoms with Crippen molar-refractivity contribution in [3.05, 3.63) is 53.2 Å². The van der Waals surface area contributed by atoms with E-state index < -0.39 is 18.0 Å². The number of fused-ring (bicyclic) bond motifs is 2. The smallest absolute Gasteiger partial charge is 0.349 e. The Labute approximate surface area is 157 Å². The van der Waals surface area contributed by atoms with Crippen LogP contribution in [0.3, 0.4) is 0 Å². The summed E-state index contributed by atoms with van der Waals surface area (Å²) in [6.45, 7) is 1.62. The number of esters is 1. The molecule has 4 rings (SSSR count). The Kier molecular flexibility index (Phi) is 4.41. The summed E-state index contributed by atoms with van der Waals surface area (Å²) in [7, 11) is 0. The van der Waals surface area contributed by atoms with Crippen LogP contribution in [0.5, 0.6) is 11.5 Å². The number of halogens is 1. The number of hydrogen-bond acceptors (Lipinski definition) is 6. The molecular weight excluding hydrogens is 373 g/mol. The third-order valence-electron chi connectivity index (χ3n) is 3.97. The highest BCUT2D eigenvalue weighted by Crippen LogP contribution is 2.34. The lowest BCUT2D eigenvalue weighted by Crippen LogP contribution is -2.29. The SMILES string of the molecule is C[C@@H](OC(=O)c1cc2cc(F)ccc2s1)C(=O)Nc1ccc2c(c1)OCO2. The summed E-state index contributed by atoms with van der Waals surface area (Å²) in [5, 5.41) is 3.28. The molecule has 1 amide bonds. The zero-order chi connectivity index (χ0) is 19.0. The topological polar surface area (TPSA) is 73.9 Å². The minimum atomic E-state index is -1.01. The van der Waals surface area contributed by atoms with Gasteiger partial charge in [0.05, 0.1) is 0 Å². The first-order valence-electron chi connectivity index (χ1n) is 8.10. The summed E-state index contributed by atoms with van der Waals surface area (Å²) in [4.78, 5) is 24.9. The van der Waals surface area contributed by atoms with E-state index in [-0.39, 0.29) is 12.6 Å². The zero-order valence-electron chi connectivity index (χ0n) is 14.2. The second-order valence-electron chi connectivity index (χ2n) is 5.90. The quantitative estimate of drug-likeness (QED) is 0.686. The van der Waals surface area contributed by atoms with Gasteiger partial charge < -0.3 is 19.5 Å². The molecule has 1 aliphatic rings. The van der Waals surface area contributed by atoms with Crippen molar-refractivity contribution in [3.8, 4) is 11.5 Å². The fourth-order valence-electron chi connectivity index (χ4n) is 2.61. The van der Waals surface area contributed by atoms with E-state index in [1.165, 1.54) is 30.4 Å². The Morgan fingerprint density at radius 1 is 1.15 bits per heavy atom. The maximum Gasteiger partial charge on any atom is 0.349 e. The second kappa shape index (κ2) is 6.88. The first kappa shape index (κ1) is 17.3. The molecule has 1 aromatic heterocycles. The van der Waals surface area contributed by atoms with Crippen molar-refractivity contribution in [1.29, 1.82) is 0 Å². The van der Waals surface area contributed by atoms with Crippen LogP contribution in [0.2, 0.25) is 0 Å². The van der Waals surface area contributed by atoms with Crippen LogP contribution in [-0.4, -0.2) is 24.8 Å².